The van der Waals surface area contributed by atoms with Crippen molar-refractivity contribution < 1.29 is 31.4 Å². The molecule has 0 aliphatic rings. The number of halogens is 3. The highest BCUT2D eigenvalue weighted by molar-refractivity contribution is 7.09. The minimum Gasteiger partial charge on any atom is -1.00 e. The summed E-state index contributed by atoms with van der Waals surface area (Å²) < 4.78 is 1.90. The first-order chi connectivity index (χ1) is 11.0. The summed E-state index contributed by atoms with van der Waals surface area (Å²) in [5.74, 6) is -0.0605. The predicted molar refractivity (Wildman–Crippen MR) is 93.2 cm³/mol. The number of nitrogens with one attached hydrogen (secondary N) is 1. The molecule has 1 amide bonds. The predicted octanol–water partition coefficient (Wildman–Crippen LogP) is -0.451. The van der Waals surface area contributed by atoms with E-state index in [9.17, 15) is 4.79 Å². The van der Waals surface area contributed by atoms with Gasteiger partial charge in [-0.3, -0.25) is 4.79 Å². The lowest BCUT2D eigenvalue weighted by Crippen LogP contribution is -3.00. The first-order valence-corrected chi connectivity index (χ1v) is 8.93. The monoisotopic (exact) mass is 452 g/mol. The summed E-state index contributed by atoms with van der Waals surface area (Å²) in [5.41, 5.74) is 3.78. The first kappa shape index (κ1) is 21.4. The number of hydrogen-bond donors (Lipinski definition) is 2. The zero-order valence-corrected chi connectivity index (χ0v) is 17.1. The molecule has 1 heterocycles. The molecule has 0 unspecified atom stereocenters. The number of amides is 1. The van der Waals surface area contributed by atoms with E-state index >= 15 is 0 Å². The van der Waals surface area contributed by atoms with Crippen molar-refractivity contribution in [2.45, 2.75) is 26.3 Å². The molecule has 0 radical (unpaired) electrons. The molecule has 0 aliphatic heterocycles. The largest absolute Gasteiger partial charge is 1.00 e. The summed E-state index contributed by atoms with van der Waals surface area (Å²) in [4.78, 5) is 13.1. The zero-order valence-electron chi connectivity index (χ0n) is 13.2. The Morgan fingerprint density at radius 3 is 2.58 bits per heavy atom. The summed E-state index contributed by atoms with van der Waals surface area (Å²) in [7, 11) is 0. The van der Waals surface area contributed by atoms with Crippen LogP contribution in [0, 0.1) is 6.92 Å². The lowest BCUT2D eigenvalue weighted by molar-refractivity contribution is -0.685. The van der Waals surface area contributed by atoms with Gasteiger partial charge in [-0.15, -0.1) is 0 Å². The average molecular weight is 454 g/mol. The smallest absolute Gasteiger partial charge is 0.286 e. The van der Waals surface area contributed by atoms with Crippen molar-refractivity contribution in [2.24, 2.45) is 0 Å². The molecule has 0 spiro atoms. The Morgan fingerprint density at radius 1 is 1.29 bits per heavy atom. The third-order valence-electron chi connectivity index (χ3n) is 3.57. The van der Waals surface area contributed by atoms with Crippen molar-refractivity contribution >= 4 is 40.4 Å². The van der Waals surface area contributed by atoms with E-state index in [1.54, 1.807) is 29.5 Å². The lowest BCUT2D eigenvalue weighted by atomic mass is 10.1. The van der Waals surface area contributed by atoms with Gasteiger partial charge >= 0.3 is 0 Å². The van der Waals surface area contributed by atoms with E-state index in [-0.39, 0.29) is 36.0 Å². The van der Waals surface area contributed by atoms with Crippen molar-refractivity contribution in [3.63, 3.8) is 0 Å². The molecule has 2 N–H and O–H groups in total. The fraction of sp³-hybridized carbons (Fsp3) is 0.375. The SMILES string of the molecule is Cc1c(CCO)sc[n+]1CC(=O)NCCc1c(Cl)cccc1Cl.[Br-]. The standard InChI is InChI=1S/C16H18Cl2N2O2S.BrH/c1-11-15(6-8-21)23-10-20(11)9-16(22)19-7-5-12-13(17)3-2-4-14(12)18;/h2-4,10,21H,5-9H2,1H3;1H. The lowest BCUT2D eigenvalue weighted by Gasteiger charge is -2.07. The molecule has 4 nitrogen and oxygen atoms in total. The molecule has 0 aliphatic carbocycles. The van der Waals surface area contributed by atoms with Crippen molar-refractivity contribution in [1.82, 2.24) is 5.32 Å². The van der Waals surface area contributed by atoms with Crippen LogP contribution in [0.2, 0.25) is 10.0 Å². The van der Waals surface area contributed by atoms with Crippen molar-refractivity contribution in [3.05, 3.63) is 49.9 Å². The number of carbonyl (C=O) groups is 1. The Hall–Kier alpha value is -0.660. The number of aliphatic hydroxyl groups excluding tert-OH is 1. The van der Waals surface area contributed by atoms with E-state index in [2.05, 4.69) is 5.32 Å². The van der Waals surface area contributed by atoms with Gasteiger partial charge in [-0.25, -0.2) is 0 Å². The van der Waals surface area contributed by atoms with Crippen LogP contribution in [0.3, 0.4) is 0 Å². The van der Waals surface area contributed by atoms with E-state index in [1.807, 2.05) is 17.0 Å². The number of benzene rings is 1. The molecule has 0 saturated heterocycles. The molecule has 132 valence electrons. The van der Waals surface area contributed by atoms with Crippen molar-refractivity contribution in [1.29, 1.82) is 0 Å². The van der Waals surface area contributed by atoms with E-state index < -0.39 is 0 Å². The highest BCUT2D eigenvalue weighted by atomic mass is 79.9. The van der Waals surface area contributed by atoms with E-state index in [1.165, 1.54) is 0 Å². The van der Waals surface area contributed by atoms with Crippen LogP contribution in [0.5, 0.6) is 0 Å². The second-order valence-corrected chi connectivity index (χ2v) is 6.89. The molecule has 0 fully saturated rings. The van der Waals surface area contributed by atoms with Gasteiger partial charge < -0.3 is 27.4 Å². The molecule has 24 heavy (non-hydrogen) atoms. The molecular formula is C16H19BrCl2N2O2S. The molecule has 0 saturated carbocycles. The quantitative estimate of drug-likeness (QED) is 0.558. The molecule has 0 bridgehead atoms. The Morgan fingerprint density at radius 2 is 1.96 bits per heavy atom. The van der Waals surface area contributed by atoms with Gasteiger partial charge in [0.2, 0.25) is 12.1 Å². The average Bonchev–Trinajstić information content (AvgIpc) is 2.84. The van der Waals surface area contributed by atoms with E-state index in [4.69, 9.17) is 28.3 Å². The Bertz CT molecular complexity index is 674. The van der Waals surface area contributed by atoms with Gasteiger partial charge in [0.05, 0.1) is 4.88 Å². The summed E-state index contributed by atoms with van der Waals surface area (Å²) in [6.45, 7) is 2.82. The normalized spacial score (nSPS) is 10.3. The Labute approximate surface area is 166 Å². The van der Waals surface area contributed by atoms with E-state index in [0.717, 1.165) is 16.1 Å². The summed E-state index contributed by atoms with van der Waals surface area (Å²) in [6, 6.07) is 5.38. The minimum absolute atomic E-state index is 0. The number of hydrogen-bond acceptors (Lipinski definition) is 3. The van der Waals surface area contributed by atoms with Gasteiger partial charge in [-0.1, -0.05) is 40.6 Å². The highest BCUT2D eigenvalue weighted by Crippen LogP contribution is 2.24. The van der Waals surface area contributed by atoms with Crippen LogP contribution in [0.25, 0.3) is 0 Å². The number of carbonyl (C=O) groups excluding carboxylic acids is 1. The number of aliphatic hydroxyl groups is 1. The summed E-state index contributed by atoms with van der Waals surface area (Å²) >= 11 is 13.8. The molecule has 1 aromatic carbocycles. The minimum atomic E-state index is -0.0605. The fourth-order valence-electron chi connectivity index (χ4n) is 2.26. The van der Waals surface area contributed by atoms with Crippen molar-refractivity contribution in [3.8, 4) is 0 Å². The van der Waals surface area contributed by atoms with Gasteiger partial charge in [0.25, 0.3) is 5.91 Å². The van der Waals surface area contributed by atoms with Crippen LogP contribution >= 0.6 is 34.5 Å². The van der Waals surface area contributed by atoms with Crippen LogP contribution in [-0.2, 0) is 24.2 Å². The van der Waals surface area contributed by atoms with Crippen LogP contribution < -0.4 is 26.9 Å². The number of aromatic nitrogens is 1. The maximum Gasteiger partial charge on any atom is 0.286 e. The second-order valence-electron chi connectivity index (χ2n) is 5.13. The number of nitrogens with zero attached hydrogens (tertiary/aromatic N) is 1. The van der Waals surface area contributed by atoms with E-state index in [0.29, 0.717) is 29.4 Å². The summed E-state index contributed by atoms with van der Waals surface area (Å²) in [5, 5.41) is 13.1. The van der Waals surface area contributed by atoms with Crippen molar-refractivity contribution in [2.75, 3.05) is 13.2 Å². The molecule has 8 heteroatoms. The number of thiazole rings is 1. The second kappa shape index (κ2) is 10.4. The maximum absolute atomic E-state index is 12.0. The molecule has 2 aromatic rings. The van der Waals surface area contributed by atoms with Crippen LogP contribution in [0.1, 0.15) is 16.1 Å². The van der Waals surface area contributed by atoms with Gasteiger partial charge in [-0.2, -0.15) is 4.57 Å². The van der Waals surface area contributed by atoms with Crippen LogP contribution in [0.4, 0.5) is 0 Å². The molecule has 0 atom stereocenters. The Balaban J connectivity index is 0.00000288. The molecular weight excluding hydrogens is 435 g/mol. The number of rotatable bonds is 7. The molecule has 2 rings (SSSR count). The first-order valence-electron chi connectivity index (χ1n) is 7.29. The maximum atomic E-state index is 12.0. The molecule has 1 aromatic heterocycles. The topological polar surface area (TPSA) is 53.2 Å². The highest BCUT2D eigenvalue weighted by Gasteiger charge is 2.18. The summed E-state index contributed by atoms with van der Waals surface area (Å²) in [6.07, 6.45) is 1.21. The fourth-order valence-corrected chi connectivity index (χ4v) is 3.83. The van der Waals surface area contributed by atoms with Gasteiger partial charge in [0.1, 0.15) is 0 Å². The Kier molecular flexibility index (Phi) is 9.23. The zero-order chi connectivity index (χ0) is 16.8. The van der Waals surface area contributed by atoms with Gasteiger partial charge in [0, 0.05) is 36.5 Å². The van der Waals surface area contributed by atoms with Crippen LogP contribution in [0.15, 0.2) is 23.7 Å². The van der Waals surface area contributed by atoms with Gasteiger partial charge in [0.15, 0.2) is 5.69 Å². The van der Waals surface area contributed by atoms with Crippen LogP contribution in [-0.4, -0.2) is 24.2 Å². The third kappa shape index (κ3) is 5.70. The van der Waals surface area contributed by atoms with Gasteiger partial charge in [-0.05, 0) is 24.1 Å². The third-order valence-corrected chi connectivity index (χ3v) is 5.42.